The molecule has 2 heterocycles. The topological polar surface area (TPSA) is 25.8 Å². The molecule has 16 heavy (non-hydrogen) atoms. The third-order valence-corrected chi connectivity index (χ3v) is 2.34. The zero-order valence-electron chi connectivity index (χ0n) is 8.21. The molecule has 3 rings (SSSR count). The summed E-state index contributed by atoms with van der Waals surface area (Å²) in [6.45, 7) is 0. The van der Waals surface area contributed by atoms with Gasteiger partial charge in [-0.15, -0.1) is 0 Å². The summed E-state index contributed by atoms with van der Waals surface area (Å²) in [5.41, 5.74) is 1.95. The van der Waals surface area contributed by atoms with E-state index in [1.165, 1.54) is 0 Å². The van der Waals surface area contributed by atoms with E-state index in [0.29, 0.717) is 0 Å². The molecule has 0 radical (unpaired) electrons. The van der Waals surface area contributed by atoms with Crippen LogP contribution in [-0.4, -0.2) is 9.97 Å². The van der Waals surface area contributed by atoms with E-state index < -0.39 is 0 Å². The first-order chi connectivity index (χ1) is 7.95. The van der Waals surface area contributed by atoms with E-state index in [1.54, 1.807) is 12.4 Å². The molecule has 0 N–H and O–H groups in total. The first-order valence-corrected chi connectivity index (χ1v) is 6.66. The normalized spacial score (nSPS) is 9.94. The van der Waals surface area contributed by atoms with Gasteiger partial charge in [-0.1, -0.05) is 24.3 Å². The Bertz CT molecular complexity index is 558. The molecular weight excluding hydrogens is 314 g/mol. The van der Waals surface area contributed by atoms with E-state index >= 15 is 0 Å². The molecule has 1 aromatic carbocycles. The fourth-order valence-corrected chi connectivity index (χ4v) is 1.68. The first-order valence-electron chi connectivity index (χ1n) is 4.65. The van der Waals surface area contributed by atoms with Crippen molar-refractivity contribution in [2.45, 2.75) is 0 Å². The van der Waals surface area contributed by atoms with E-state index in [1.807, 2.05) is 12.1 Å². The quantitative estimate of drug-likeness (QED) is 0.468. The summed E-state index contributed by atoms with van der Waals surface area (Å²) in [5.74, 6) is 0. The molecule has 83 valence electrons. The van der Waals surface area contributed by atoms with E-state index in [2.05, 4.69) is 61.9 Å². The molecule has 0 saturated carbocycles. The van der Waals surface area contributed by atoms with Gasteiger partial charge in [-0.3, -0.25) is 9.97 Å². The summed E-state index contributed by atoms with van der Waals surface area (Å²) < 4.78 is 0. The van der Waals surface area contributed by atoms with Crippen molar-refractivity contribution in [2.24, 2.45) is 0 Å². The first kappa shape index (κ1) is 11.5. The van der Waals surface area contributed by atoms with Crippen molar-refractivity contribution >= 4 is 31.3 Å². The number of halogens is 1. The van der Waals surface area contributed by atoms with Gasteiger partial charge in [0, 0.05) is 23.2 Å². The van der Waals surface area contributed by atoms with Crippen molar-refractivity contribution in [3.8, 4) is 0 Å². The molecule has 0 amide bonds. The number of fused-ring (bicyclic) bond motifs is 3. The molecule has 3 aromatic rings. The largest absolute Gasteiger partial charge is 0.254 e. The van der Waals surface area contributed by atoms with Gasteiger partial charge in [-0.05, 0) is 12.1 Å². The van der Waals surface area contributed by atoms with Crippen LogP contribution in [0.4, 0.5) is 0 Å². The van der Waals surface area contributed by atoms with Crippen LogP contribution in [0, 0.1) is 0 Å². The van der Waals surface area contributed by atoms with Crippen molar-refractivity contribution < 1.29 is 18.2 Å². The number of nitrogens with zero attached hydrogens (tertiary/aromatic N) is 2. The molecule has 0 aliphatic rings. The van der Waals surface area contributed by atoms with Gasteiger partial charge in [0.15, 0.2) is 0 Å². The predicted octanol–water partition coefficient (Wildman–Crippen LogP) is 3.47. The maximum atomic E-state index is 4.49. The second-order valence-electron chi connectivity index (χ2n) is 3.22. The van der Waals surface area contributed by atoms with Gasteiger partial charge >= 0.3 is 27.7 Å². The minimum absolute atomic E-state index is 0.977. The minimum Gasteiger partial charge on any atom is -0.254 e. The monoisotopic (exact) mass is 321 g/mol. The van der Waals surface area contributed by atoms with Gasteiger partial charge in [0.05, 0.1) is 11.0 Å². The van der Waals surface area contributed by atoms with Crippen molar-refractivity contribution in [1.82, 2.24) is 9.97 Å². The summed E-state index contributed by atoms with van der Waals surface area (Å²) in [4.78, 5) is 8.69. The van der Waals surface area contributed by atoms with Crippen molar-refractivity contribution in [1.29, 1.82) is 0 Å². The number of aromatic nitrogens is 2. The van der Waals surface area contributed by atoms with Crippen LogP contribution in [0.25, 0.3) is 21.8 Å². The summed E-state index contributed by atoms with van der Waals surface area (Å²) in [5, 5.41) is 2.28. The van der Waals surface area contributed by atoms with E-state index in [4.69, 9.17) is 0 Å². The Morgan fingerprint density at radius 3 is 1.62 bits per heavy atom. The van der Waals surface area contributed by atoms with Crippen LogP contribution >= 0.6 is 9.53 Å². The molecule has 2 nitrogen and oxygen atoms in total. The molecular formula is C12H8ClN2Pd. The molecule has 2 aromatic heterocycles. The van der Waals surface area contributed by atoms with Crippen molar-refractivity contribution in [3.05, 3.63) is 48.8 Å². The fraction of sp³-hybridized carbons (Fsp3) is 0. The smallest absolute Gasteiger partial charge is 0.0964 e. The van der Waals surface area contributed by atoms with Gasteiger partial charge in [0.25, 0.3) is 0 Å². The van der Waals surface area contributed by atoms with Crippen LogP contribution in [0.3, 0.4) is 0 Å². The molecule has 0 bridgehead atoms. The second-order valence-corrected chi connectivity index (χ2v) is 3.22. The third-order valence-electron chi connectivity index (χ3n) is 2.34. The van der Waals surface area contributed by atoms with Crippen LogP contribution in [0.1, 0.15) is 0 Å². The molecule has 0 atom stereocenters. The molecule has 4 heteroatoms. The molecule has 0 aliphatic heterocycles. The van der Waals surface area contributed by atoms with Crippen molar-refractivity contribution in [2.75, 3.05) is 0 Å². The third kappa shape index (κ3) is 2.08. The van der Waals surface area contributed by atoms with Gasteiger partial charge in [-0.25, -0.2) is 0 Å². The Morgan fingerprint density at radius 1 is 0.750 bits per heavy atom. The maximum Gasteiger partial charge on any atom is 0.0964 e. The minimum atomic E-state index is 0.977. The summed E-state index contributed by atoms with van der Waals surface area (Å²) in [7, 11) is 4.49. The molecule has 0 unspecified atom stereocenters. The SMILES string of the molecule is [Cl][Pd].c1cnc2c(c1)ccc1cccnc12. The number of pyridine rings is 2. The van der Waals surface area contributed by atoms with E-state index in [-0.39, 0.29) is 0 Å². The van der Waals surface area contributed by atoms with Gasteiger partial charge in [0.2, 0.25) is 0 Å². The molecule has 0 saturated heterocycles. The zero-order valence-corrected chi connectivity index (χ0v) is 10.5. The number of benzene rings is 1. The number of rotatable bonds is 0. The Kier molecular flexibility index (Phi) is 3.84. The van der Waals surface area contributed by atoms with Crippen LogP contribution in [0.2, 0.25) is 0 Å². The Hall–Kier alpha value is -1.01. The zero-order chi connectivity index (χ0) is 11.4. The summed E-state index contributed by atoms with van der Waals surface area (Å²) in [6, 6.07) is 12.1. The Labute approximate surface area is 108 Å². The van der Waals surface area contributed by atoms with Crippen LogP contribution in [-0.2, 0) is 18.2 Å². The molecule has 0 spiro atoms. The predicted molar refractivity (Wildman–Crippen MR) is 62.9 cm³/mol. The van der Waals surface area contributed by atoms with Crippen LogP contribution in [0.5, 0.6) is 0 Å². The molecule has 0 fully saturated rings. The van der Waals surface area contributed by atoms with Crippen LogP contribution in [0.15, 0.2) is 48.8 Å². The fourth-order valence-electron chi connectivity index (χ4n) is 1.68. The van der Waals surface area contributed by atoms with E-state index in [0.717, 1.165) is 21.8 Å². The van der Waals surface area contributed by atoms with Gasteiger partial charge < -0.3 is 0 Å². The number of hydrogen-bond acceptors (Lipinski definition) is 2. The van der Waals surface area contributed by atoms with Crippen molar-refractivity contribution in [3.63, 3.8) is 0 Å². The average Bonchev–Trinajstić information content (AvgIpc) is 2.41. The van der Waals surface area contributed by atoms with Gasteiger partial charge in [-0.2, -0.15) is 0 Å². The van der Waals surface area contributed by atoms with Crippen LogP contribution < -0.4 is 0 Å². The maximum absolute atomic E-state index is 4.49. The molecule has 0 aliphatic carbocycles. The summed E-state index contributed by atoms with van der Waals surface area (Å²) in [6.07, 6.45) is 3.60. The Balaban J connectivity index is 0.000000457. The Morgan fingerprint density at radius 2 is 1.19 bits per heavy atom. The number of hydrogen-bond donors (Lipinski definition) is 0. The average molecular weight is 322 g/mol. The summed E-state index contributed by atoms with van der Waals surface area (Å²) >= 11 is 2.22. The van der Waals surface area contributed by atoms with E-state index in [9.17, 15) is 0 Å². The van der Waals surface area contributed by atoms with Gasteiger partial charge in [0.1, 0.15) is 0 Å². The second kappa shape index (κ2) is 5.36. The standard InChI is InChI=1S/C12H8N2.ClH.Pd/c1-3-9-5-6-10-4-2-8-14-12(10)11(9)13-7-1;;/h1-8H;1H;/q;;+1/p-1.